The number of anilines is 1. The van der Waals surface area contributed by atoms with Crippen LogP contribution >= 0.6 is 0 Å². The first kappa shape index (κ1) is 23.3. The lowest BCUT2D eigenvalue weighted by atomic mass is 9.98. The molecule has 2 aliphatic rings. The molecule has 2 aliphatic carbocycles. The Kier molecular flexibility index (Phi) is 6.42. The number of urea groups is 1. The fourth-order valence-corrected chi connectivity index (χ4v) is 4.89. The number of hydrogen-bond donors (Lipinski definition) is 2. The van der Waals surface area contributed by atoms with Crippen molar-refractivity contribution in [2.75, 3.05) is 32.6 Å². The molecule has 1 saturated carbocycles. The van der Waals surface area contributed by atoms with Crippen molar-refractivity contribution in [3.63, 3.8) is 0 Å². The quantitative estimate of drug-likeness (QED) is 0.476. The Morgan fingerprint density at radius 2 is 2.03 bits per heavy atom. The zero-order chi connectivity index (χ0) is 24.5. The maximum absolute atomic E-state index is 14.4. The minimum atomic E-state index is -0.554. The highest BCUT2D eigenvalue weighted by Gasteiger charge is 2.34. The van der Waals surface area contributed by atoms with Crippen LogP contribution in [0.3, 0.4) is 0 Å². The Hall–Kier alpha value is -3.46. The van der Waals surface area contributed by atoms with Crippen LogP contribution in [0.2, 0.25) is 0 Å². The zero-order valence-corrected chi connectivity index (χ0v) is 20.0. The minimum Gasteiger partial charge on any atom is -0.448 e. The minimum absolute atomic E-state index is 0.128. The van der Waals surface area contributed by atoms with Crippen molar-refractivity contribution in [3.8, 4) is 0 Å². The molecule has 2 aromatic carbocycles. The van der Waals surface area contributed by atoms with Crippen LogP contribution in [0, 0.1) is 5.82 Å². The maximum Gasteiger partial charge on any atom is 0.435 e. The Morgan fingerprint density at radius 1 is 1.20 bits per heavy atom. The van der Waals surface area contributed by atoms with Crippen LogP contribution in [-0.2, 0) is 11.2 Å². The summed E-state index contributed by atoms with van der Waals surface area (Å²) in [4.78, 5) is 27.4. The second-order valence-electron chi connectivity index (χ2n) is 9.56. The number of ether oxygens (including phenoxy) is 1. The largest absolute Gasteiger partial charge is 0.448 e. The lowest BCUT2D eigenvalue weighted by molar-refractivity contribution is 0.141. The third-order valence-corrected chi connectivity index (χ3v) is 6.70. The molecule has 0 saturated heterocycles. The summed E-state index contributed by atoms with van der Waals surface area (Å²) < 4.78 is 20.9. The maximum atomic E-state index is 14.4. The number of benzene rings is 2. The fourth-order valence-electron chi connectivity index (χ4n) is 4.89. The second-order valence-corrected chi connectivity index (χ2v) is 9.56. The number of halogens is 1. The fraction of sp³-hybridized carbons (Fsp3) is 0.423. The van der Waals surface area contributed by atoms with Crippen molar-refractivity contribution in [3.05, 3.63) is 59.0 Å². The topological polar surface area (TPSA) is 88.5 Å². The Morgan fingerprint density at radius 3 is 2.80 bits per heavy atom. The molecular weight excluding hydrogens is 449 g/mol. The smallest absolute Gasteiger partial charge is 0.435 e. The van der Waals surface area contributed by atoms with E-state index in [1.807, 2.05) is 19.0 Å². The van der Waals surface area contributed by atoms with Gasteiger partial charge in [0.1, 0.15) is 5.82 Å². The summed E-state index contributed by atoms with van der Waals surface area (Å²) in [6.45, 7) is 1.12. The SMILES string of the molecule is CN(C)CCCOC(=O)n1ncc2c(NC(=O)NC3CCc4c3ccc(F)c4C3CC3)cccc21. The van der Waals surface area contributed by atoms with E-state index in [0.29, 0.717) is 29.1 Å². The molecular formula is C26H30FN5O3. The number of aromatic nitrogens is 2. The van der Waals surface area contributed by atoms with Crippen molar-refractivity contribution < 1.29 is 18.7 Å². The van der Waals surface area contributed by atoms with E-state index in [2.05, 4.69) is 15.7 Å². The van der Waals surface area contributed by atoms with Gasteiger partial charge in [-0.25, -0.2) is 14.0 Å². The van der Waals surface area contributed by atoms with Gasteiger partial charge in [0.15, 0.2) is 0 Å². The molecule has 3 aromatic rings. The van der Waals surface area contributed by atoms with Crippen LogP contribution in [0.1, 0.15) is 54.3 Å². The molecule has 2 amide bonds. The van der Waals surface area contributed by atoms with Gasteiger partial charge < -0.3 is 20.3 Å². The first-order chi connectivity index (χ1) is 16.9. The lowest BCUT2D eigenvalue weighted by Gasteiger charge is -2.16. The van der Waals surface area contributed by atoms with Gasteiger partial charge in [-0.3, -0.25) is 0 Å². The first-order valence-electron chi connectivity index (χ1n) is 12.1. The number of carbonyl (C=O) groups excluding carboxylic acids is 2. The van der Waals surface area contributed by atoms with Gasteiger partial charge in [0.2, 0.25) is 0 Å². The Balaban J connectivity index is 1.26. The Bertz CT molecular complexity index is 1270. The molecule has 0 radical (unpaired) electrons. The molecule has 1 unspecified atom stereocenters. The molecule has 35 heavy (non-hydrogen) atoms. The van der Waals surface area contributed by atoms with Crippen LogP contribution in [0.15, 0.2) is 36.5 Å². The average molecular weight is 480 g/mol. The van der Waals surface area contributed by atoms with E-state index in [9.17, 15) is 14.0 Å². The molecule has 1 atom stereocenters. The number of hydrogen-bond acceptors (Lipinski definition) is 5. The molecule has 1 heterocycles. The summed E-state index contributed by atoms with van der Waals surface area (Å²) in [7, 11) is 3.93. The molecule has 1 aromatic heterocycles. The van der Waals surface area contributed by atoms with Gasteiger partial charge in [0.25, 0.3) is 0 Å². The summed E-state index contributed by atoms with van der Waals surface area (Å²) in [5, 5.41) is 10.7. The van der Waals surface area contributed by atoms with Crippen molar-refractivity contribution in [1.82, 2.24) is 20.0 Å². The second kappa shape index (κ2) is 9.65. The number of nitrogens with zero attached hydrogens (tertiary/aromatic N) is 3. The summed E-state index contributed by atoms with van der Waals surface area (Å²) >= 11 is 0. The van der Waals surface area contributed by atoms with Crippen molar-refractivity contribution in [1.29, 1.82) is 0 Å². The highest BCUT2D eigenvalue weighted by Crippen LogP contribution is 2.47. The predicted octanol–water partition coefficient (Wildman–Crippen LogP) is 4.80. The molecule has 9 heteroatoms. The van der Waals surface area contributed by atoms with Crippen molar-refractivity contribution in [2.45, 2.75) is 44.1 Å². The van der Waals surface area contributed by atoms with Crippen molar-refractivity contribution >= 4 is 28.7 Å². The number of amides is 2. The molecule has 0 aliphatic heterocycles. The van der Waals surface area contributed by atoms with Crippen LogP contribution in [0.5, 0.6) is 0 Å². The van der Waals surface area contributed by atoms with Gasteiger partial charge in [0.05, 0.1) is 30.0 Å². The molecule has 184 valence electrons. The summed E-state index contributed by atoms with van der Waals surface area (Å²) in [5.74, 6) is 0.197. The molecule has 0 bridgehead atoms. The van der Waals surface area contributed by atoms with Crippen LogP contribution in [0.4, 0.5) is 19.7 Å². The van der Waals surface area contributed by atoms with Gasteiger partial charge in [-0.15, -0.1) is 0 Å². The highest BCUT2D eigenvalue weighted by atomic mass is 19.1. The van der Waals surface area contributed by atoms with Gasteiger partial charge in [-0.05, 0) is 87.0 Å². The zero-order valence-electron chi connectivity index (χ0n) is 20.0. The van der Waals surface area contributed by atoms with Gasteiger partial charge in [-0.2, -0.15) is 9.78 Å². The first-order valence-corrected chi connectivity index (χ1v) is 12.1. The third kappa shape index (κ3) is 4.86. The molecule has 1 fully saturated rings. The normalized spacial score (nSPS) is 17.0. The summed E-state index contributed by atoms with van der Waals surface area (Å²) in [6, 6.07) is 8.08. The summed E-state index contributed by atoms with van der Waals surface area (Å²) in [5.41, 5.74) is 4.01. The van der Waals surface area contributed by atoms with Gasteiger partial charge in [-0.1, -0.05) is 12.1 Å². The lowest BCUT2D eigenvalue weighted by Crippen LogP contribution is -2.31. The van der Waals surface area contributed by atoms with E-state index in [-0.39, 0.29) is 17.9 Å². The van der Waals surface area contributed by atoms with E-state index >= 15 is 0 Å². The predicted molar refractivity (Wildman–Crippen MR) is 131 cm³/mol. The number of rotatable bonds is 7. The highest BCUT2D eigenvalue weighted by molar-refractivity contribution is 6.02. The molecule has 5 rings (SSSR count). The van der Waals surface area contributed by atoms with Gasteiger partial charge >= 0.3 is 12.1 Å². The van der Waals surface area contributed by atoms with Gasteiger partial charge in [0, 0.05) is 11.9 Å². The van der Waals surface area contributed by atoms with Crippen LogP contribution in [0.25, 0.3) is 10.9 Å². The molecule has 8 nitrogen and oxygen atoms in total. The van der Waals surface area contributed by atoms with E-state index in [1.54, 1.807) is 30.5 Å². The van der Waals surface area contributed by atoms with E-state index in [0.717, 1.165) is 55.3 Å². The third-order valence-electron chi connectivity index (χ3n) is 6.70. The molecule has 2 N–H and O–H groups in total. The number of carbonyl (C=O) groups is 2. The van der Waals surface area contributed by atoms with E-state index < -0.39 is 6.09 Å². The molecule has 0 spiro atoms. The average Bonchev–Trinajstić information content (AvgIpc) is 3.43. The monoisotopic (exact) mass is 479 g/mol. The van der Waals surface area contributed by atoms with Crippen LogP contribution in [-0.4, -0.2) is 54.1 Å². The Labute approximate surface area is 203 Å². The number of fused-ring (bicyclic) bond motifs is 2. The van der Waals surface area contributed by atoms with E-state index in [1.165, 1.54) is 10.7 Å². The summed E-state index contributed by atoms with van der Waals surface area (Å²) in [6.07, 6.45) is 5.30. The van der Waals surface area contributed by atoms with Crippen molar-refractivity contribution in [2.24, 2.45) is 0 Å². The van der Waals surface area contributed by atoms with Crippen LogP contribution < -0.4 is 10.6 Å². The van der Waals surface area contributed by atoms with E-state index in [4.69, 9.17) is 4.74 Å². The number of nitrogens with one attached hydrogen (secondary N) is 2. The standard InChI is InChI=1S/C26H30FN5O3/c1-31(2)13-4-14-35-26(34)32-23-6-3-5-21(19(23)15-28-32)29-25(33)30-22-12-10-18-17(22)9-11-20(27)24(18)16-7-8-16/h3,5-6,9,11,15-16,22H,4,7-8,10,12-14H2,1-2H3,(H2,29,30,33).